The number of aryl methyl sites for hydroxylation is 2. The highest BCUT2D eigenvalue weighted by atomic mass is 35.5. The molecule has 0 bridgehead atoms. The van der Waals surface area contributed by atoms with Gasteiger partial charge in [-0.25, -0.2) is 9.97 Å². The maximum Gasteiger partial charge on any atom is 0.134 e. The molecule has 0 unspecified atom stereocenters. The Balaban J connectivity index is 2.05. The molecule has 6 heteroatoms. The highest BCUT2D eigenvalue weighted by Gasteiger charge is 2.02. The molecule has 0 saturated carbocycles. The summed E-state index contributed by atoms with van der Waals surface area (Å²) in [6, 6.07) is 3.67. The van der Waals surface area contributed by atoms with Crippen molar-refractivity contribution in [1.29, 1.82) is 0 Å². The van der Waals surface area contributed by atoms with E-state index in [0.29, 0.717) is 11.7 Å². The first-order valence-electron chi connectivity index (χ1n) is 5.43. The third-order valence-corrected chi connectivity index (χ3v) is 2.47. The number of hydrogen-bond donors (Lipinski definition) is 1. The van der Waals surface area contributed by atoms with Gasteiger partial charge in [-0.15, -0.1) is 0 Å². The first-order valence-corrected chi connectivity index (χ1v) is 5.81. The van der Waals surface area contributed by atoms with Gasteiger partial charge in [0.25, 0.3) is 0 Å². The van der Waals surface area contributed by atoms with Crippen molar-refractivity contribution in [1.82, 2.24) is 19.7 Å². The van der Waals surface area contributed by atoms with E-state index in [9.17, 15) is 0 Å². The molecule has 0 aromatic carbocycles. The van der Waals surface area contributed by atoms with Gasteiger partial charge in [0.1, 0.15) is 16.8 Å². The molecule has 0 spiro atoms. The van der Waals surface area contributed by atoms with Gasteiger partial charge in [-0.2, -0.15) is 5.10 Å². The predicted molar refractivity (Wildman–Crippen MR) is 67.0 cm³/mol. The van der Waals surface area contributed by atoms with Crippen LogP contribution in [0.25, 0.3) is 0 Å². The van der Waals surface area contributed by atoms with E-state index < -0.39 is 0 Å². The van der Waals surface area contributed by atoms with Crippen LogP contribution in [0.5, 0.6) is 0 Å². The SMILES string of the molecule is CCc1nc(Cl)cc(NCc2ccn(C)n2)n1. The monoisotopic (exact) mass is 251 g/mol. The van der Waals surface area contributed by atoms with Gasteiger partial charge in [0.05, 0.1) is 12.2 Å². The van der Waals surface area contributed by atoms with Crippen molar-refractivity contribution in [3.05, 3.63) is 35.0 Å². The number of rotatable bonds is 4. The van der Waals surface area contributed by atoms with Crippen LogP contribution in [0.1, 0.15) is 18.4 Å². The van der Waals surface area contributed by atoms with Crippen molar-refractivity contribution < 1.29 is 0 Å². The molecule has 17 heavy (non-hydrogen) atoms. The second kappa shape index (κ2) is 5.14. The topological polar surface area (TPSA) is 55.6 Å². The summed E-state index contributed by atoms with van der Waals surface area (Å²) >= 11 is 5.90. The Hall–Kier alpha value is -1.62. The van der Waals surface area contributed by atoms with Crippen LogP contribution < -0.4 is 5.32 Å². The summed E-state index contributed by atoms with van der Waals surface area (Å²) in [5, 5.41) is 7.91. The fourth-order valence-corrected chi connectivity index (χ4v) is 1.65. The molecule has 2 aromatic heterocycles. The lowest BCUT2D eigenvalue weighted by molar-refractivity contribution is 0.746. The highest BCUT2D eigenvalue weighted by Crippen LogP contribution is 2.12. The lowest BCUT2D eigenvalue weighted by atomic mass is 10.4. The molecule has 0 aliphatic heterocycles. The van der Waals surface area contributed by atoms with E-state index in [1.807, 2.05) is 26.2 Å². The van der Waals surface area contributed by atoms with Crippen LogP contribution in [-0.4, -0.2) is 19.7 Å². The average molecular weight is 252 g/mol. The Kier molecular flexibility index (Phi) is 3.58. The van der Waals surface area contributed by atoms with E-state index in [1.165, 1.54) is 0 Å². The number of aromatic nitrogens is 4. The fraction of sp³-hybridized carbons (Fsp3) is 0.364. The predicted octanol–water partition coefficient (Wildman–Crippen LogP) is 2.04. The second-order valence-corrected chi connectivity index (χ2v) is 4.07. The summed E-state index contributed by atoms with van der Waals surface area (Å²) in [5.41, 5.74) is 0.959. The molecule has 1 N–H and O–H groups in total. The Labute approximate surface area is 105 Å². The fourth-order valence-electron chi connectivity index (χ4n) is 1.45. The van der Waals surface area contributed by atoms with Gasteiger partial charge in [0.2, 0.25) is 0 Å². The van der Waals surface area contributed by atoms with Crippen LogP contribution in [-0.2, 0) is 20.0 Å². The molecule has 0 fully saturated rings. The van der Waals surface area contributed by atoms with Crippen molar-refractivity contribution >= 4 is 17.4 Å². The molecule has 0 aliphatic carbocycles. The van der Waals surface area contributed by atoms with Gasteiger partial charge in [-0.3, -0.25) is 4.68 Å². The average Bonchev–Trinajstić information content (AvgIpc) is 2.72. The minimum Gasteiger partial charge on any atom is -0.364 e. The van der Waals surface area contributed by atoms with Gasteiger partial charge < -0.3 is 5.32 Å². The van der Waals surface area contributed by atoms with E-state index in [0.717, 1.165) is 23.8 Å². The number of nitrogens with one attached hydrogen (secondary N) is 1. The van der Waals surface area contributed by atoms with E-state index in [2.05, 4.69) is 20.4 Å². The maximum atomic E-state index is 5.90. The van der Waals surface area contributed by atoms with Crippen LogP contribution in [0.3, 0.4) is 0 Å². The zero-order valence-electron chi connectivity index (χ0n) is 9.81. The number of anilines is 1. The van der Waals surface area contributed by atoms with E-state index in [-0.39, 0.29) is 0 Å². The standard InChI is InChI=1S/C11H14ClN5/c1-3-10-14-9(12)6-11(15-10)13-7-8-4-5-17(2)16-8/h4-6H,3,7H2,1-2H3,(H,13,14,15). The summed E-state index contributed by atoms with van der Waals surface area (Å²) in [4.78, 5) is 8.44. The summed E-state index contributed by atoms with van der Waals surface area (Å²) in [6.07, 6.45) is 2.67. The van der Waals surface area contributed by atoms with Gasteiger partial charge in [0, 0.05) is 25.7 Å². The number of hydrogen-bond acceptors (Lipinski definition) is 4. The van der Waals surface area contributed by atoms with Gasteiger partial charge in [-0.1, -0.05) is 18.5 Å². The highest BCUT2D eigenvalue weighted by molar-refractivity contribution is 6.29. The smallest absolute Gasteiger partial charge is 0.134 e. The van der Waals surface area contributed by atoms with E-state index in [1.54, 1.807) is 10.7 Å². The van der Waals surface area contributed by atoms with Crippen LogP contribution >= 0.6 is 11.6 Å². The molecular weight excluding hydrogens is 238 g/mol. The summed E-state index contributed by atoms with van der Waals surface area (Å²) < 4.78 is 1.77. The van der Waals surface area contributed by atoms with Crippen LogP contribution in [0.15, 0.2) is 18.3 Å². The Morgan fingerprint density at radius 1 is 1.41 bits per heavy atom. The largest absolute Gasteiger partial charge is 0.364 e. The van der Waals surface area contributed by atoms with Crippen LogP contribution in [0.2, 0.25) is 5.15 Å². The van der Waals surface area contributed by atoms with Crippen LogP contribution in [0.4, 0.5) is 5.82 Å². The lowest BCUT2D eigenvalue weighted by Crippen LogP contribution is -2.05. The number of halogens is 1. The van der Waals surface area contributed by atoms with E-state index >= 15 is 0 Å². The molecular formula is C11H14ClN5. The Morgan fingerprint density at radius 2 is 2.24 bits per heavy atom. The van der Waals surface area contributed by atoms with Crippen molar-refractivity contribution in [2.24, 2.45) is 7.05 Å². The van der Waals surface area contributed by atoms with Crippen molar-refractivity contribution in [3.63, 3.8) is 0 Å². The molecule has 5 nitrogen and oxygen atoms in total. The third kappa shape index (κ3) is 3.17. The van der Waals surface area contributed by atoms with E-state index in [4.69, 9.17) is 11.6 Å². The first kappa shape index (κ1) is 11.9. The summed E-state index contributed by atoms with van der Waals surface area (Å²) in [7, 11) is 1.89. The second-order valence-electron chi connectivity index (χ2n) is 3.68. The molecule has 0 amide bonds. The van der Waals surface area contributed by atoms with Crippen molar-refractivity contribution in [2.75, 3.05) is 5.32 Å². The van der Waals surface area contributed by atoms with Crippen LogP contribution in [0, 0.1) is 0 Å². The Morgan fingerprint density at radius 3 is 2.88 bits per heavy atom. The lowest BCUT2D eigenvalue weighted by Gasteiger charge is -2.05. The normalized spacial score (nSPS) is 10.5. The van der Waals surface area contributed by atoms with Gasteiger partial charge in [-0.05, 0) is 6.07 Å². The molecule has 0 aliphatic rings. The quantitative estimate of drug-likeness (QED) is 0.845. The molecule has 2 rings (SSSR count). The molecule has 2 heterocycles. The minimum atomic E-state index is 0.459. The number of nitrogens with zero attached hydrogens (tertiary/aromatic N) is 4. The Bertz CT molecular complexity index is 508. The van der Waals surface area contributed by atoms with Crippen molar-refractivity contribution in [2.45, 2.75) is 19.9 Å². The summed E-state index contributed by atoms with van der Waals surface area (Å²) in [6.45, 7) is 2.62. The summed E-state index contributed by atoms with van der Waals surface area (Å²) in [5.74, 6) is 1.47. The minimum absolute atomic E-state index is 0.459. The zero-order valence-corrected chi connectivity index (χ0v) is 10.6. The third-order valence-electron chi connectivity index (χ3n) is 2.28. The molecule has 2 aromatic rings. The van der Waals surface area contributed by atoms with Gasteiger partial charge in [0.15, 0.2) is 0 Å². The molecule has 90 valence electrons. The maximum absolute atomic E-state index is 5.90. The zero-order chi connectivity index (χ0) is 12.3. The molecule has 0 saturated heterocycles. The first-order chi connectivity index (χ1) is 8.17. The van der Waals surface area contributed by atoms with Gasteiger partial charge >= 0.3 is 0 Å². The molecule has 0 atom stereocenters. The molecule has 0 radical (unpaired) electrons. The van der Waals surface area contributed by atoms with Crippen molar-refractivity contribution in [3.8, 4) is 0 Å².